The Kier molecular flexibility index (Phi) is 1.90. The summed E-state index contributed by atoms with van der Waals surface area (Å²) in [6.45, 7) is 0. The number of rotatable bonds is 2. The highest BCUT2D eigenvalue weighted by Crippen LogP contribution is 2.16. The fourth-order valence-electron chi connectivity index (χ4n) is 1.00. The van der Waals surface area contributed by atoms with Crippen LogP contribution in [0.4, 0.5) is 0 Å². The Bertz CT molecular complexity index is 452. The highest BCUT2D eigenvalue weighted by atomic mass is 16.4. The Labute approximate surface area is 77.8 Å². The van der Waals surface area contributed by atoms with Crippen LogP contribution in [0.25, 0.3) is 11.3 Å². The zero-order valence-electron chi connectivity index (χ0n) is 6.88. The van der Waals surface area contributed by atoms with E-state index in [-0.39, 0.29) is 11.4 Å². The number of aromatic carboxylic acids is 1. The normalized spacial score (nSPS) is 10.0. The van der Waals surface area contributed by atoms with Crippen LogP contribution < -0.4 is 0 Å². The zero-order chi connectivity index (χ0) is 9.97. The summed E-state index contributed by atoms with van der Waals surface area (Å²) in [4.78, 5) is 18.2. The van der Waals surface area contributed by atoms with Crippen LogP contribution in [-0.2, 0) is 0 Å². The quantitative estimate of drug-likeness (QED) is 0.690. The number of nitrogens with one attached hydrogen (secondary N) is 1. The molecule has 70 valence electrons. The zero-order valence-corrected chi connectivity index (χ0v) is 6.88. The van der Waals surface area contributed by atoms with Gasteiger partial charge >= 0.3 is 5.97 Å². The molecular formula is C7H5N5O2. The number of aromatic nitrogens is 5. The maximum Gasteiger partial charge on any atom is 0.358 e. The van der Waals surface area contributed by atoms with Gasteiger partial charge in [0.1, 0.15) is 12.0 Å². The lowest BCUT2D eigenvalue weighted by molar-refractivity contribution is 0.0691. The summed E-state index contributed by atoms with van der Waals surface area (Å²) >= 11 is 0. The van der Waals surface area contributed by atoms with Crippen molar-refractivity contribution in [2.45, 2.75) is 0 Å². The van der Waals surface area contributed by atoms with Gasteiger partial charge in [0.2, 0.25) is 0 Å². The van der Waals surface area contributed by atoms with E-state index in [1.54, 1.807) is 0 Å². The van der Waals surface area contributed by atoms with Crippen LogP contribution in [0.5, 0.6) is 0 Å². The minimum Gasteiger partial charge on any atom is -0.476 e. The van der Waals surface area contributed by atoms with Crippen molar-refractivity contribution in [3.05, 3.63) is 24.4 Å². The van der Waals surface area contributed by atoms with Crippen molar-refractivity contribution in [2.75, 3.05) is 0 Å². The molecule has 0 saturated carbocycles. The van der Waals surface area contributed by atoms with Gasteiger partial charge in [-0.25, -0.2) is 14.8 Å². The lowest BCUT2D eigenvalue weighted by Gasteiger charge is -1.94. The number of nitrogens with zero attached hydrogens (tertiary/aromatic N) is 4. The first-order chi connectivity index (χ1) is 6.79. The molecule has 2 rings (SSSR count). The minimum atomic E-state index is -1.14. The smallest absolute Gasteiger partial charge is 0.358 e. The van der Waals surface area contributed by atoms with Gasteiger partial charge in [0.05, 0.1) is 0 Å². The average molecular weight is 191 g/mol. The number of carboxylic acids is 1. The highest BCUT2D eigenvalue weighted by molar-refractivity contribution is 5.92. The molecule has 0 aliphatic rings. The van der Waals surface area contributed by atoms with Crippen molar-refractivity contribution in [2.24, 2.45) is 0 Å². The topological polar surface area (TPSA) is 105 Å². The Balaban J connectivity index is 2.52. The Morgan fingerprint density at radius 3 is 2.64 bits per heavy atom. The second-order valence-electron chi connectivity index (χ2n) is 2.45. The molecule has 0 aromatic carbocycles. The van der Waals surface area contributed by atoms with Crippen LogP contribution in [0.2, 0.25) is 0 Å². The summed E-state index contributed by atoms with van der Waals surface area (Å²) in [5, 5.41) is 18.2. The molecule has 0 bridgehead atoms. The van der Waals surface area contributed by atoms with E-state index in [1.807, 2.05) is 0 Å². The number of aromatic amines is 1. The number of hydrogen-bond acceptors (Lipinski definition) is 5. The van der Waals surface area contributed by atoms with Crippen LogP contribution in [0.3, 0.4) is 0 Å². The van der Waals surface area contributed by atoms with E-state index in [2.05, 4.69) is 25.4 Å². The Morgan fingerprint density at radius 2 is 2.00 bits per heavy atom. The van der Waals surface area contributed by atoms with Gasteiger partial charge in [0.15, 0.2) is 5.69 Å². The SMILES string of the molecule is O=C(O)c1n[nH]nc1-c1cncnc1. The molecule has 2 aromatic heterocycles. The van der Waals surface area contributed by atoms with Crippen molar-refractivity contribution >= 4 is 5.97 Å². The summed E-state index contributed by atoms with van der Waals surface area (Å²) in [6.07, 6.45) is 4.29. The Hall–Kier alpha value is -2.31. The third-order valence-corrected chi connectivity index (χ3v) is 1.58. The molecule has 0 saturated heterocycles. The molecule has 0 spiro atoms. The van der Waals surface area contributed by atoms with Crippen LogP contribution >= 0.6 is 0 Å². The monoisotopic (exact) mass is 191 g/mol. The molecule has 0 amide bonds. The van der Waals surface area contributed by atoms with E-state index >= 15 is 0 Å². The molecule has 7 heteroatoms. The van der Waals surface area contributed by atoms with Crippen molar-refractivity contribution in [1.82, 2.24) is 25.4 Å². The molecule has 2 N–H and O–H groups in total. The van der Waals surface area contributed by atoms with Gasteiger partial charge in [-0.2, -0.15) is 10.3 Å². The van der Waals surface area contributed by atoms with Gasteiger partial charge in [-0.15, -0.1) is 5.10 Å². The molecule has 0 fully saturated rings. The molecule has 2 heterocycles. The molecule has 0 radical (unpaired) electrons. The maximum atomic E-state index is 10.7. The standard InChI is InChI=1S/C7H5N5O2/c13-7(14)6-5(10-12-11-6)4-1-8-3-9-2-4/h1-3H,(H,13,14)(H,10,11,12). The fraction of sp³-hybridized carbons (Fsp3) is 0. The molecule has 0 unspecified atom stereocenters. The lowest BCUT2D eigenvalue weighted by atomic mass is 10.2. The second-order valence-corrected chi connectivity index (χ2v) is 2.45. The number of H-pyrrole nitrogens is 1. The molecule has 14 heavy (non-hydrogen) atoms. The van der Waals surface area contributed by atoms with Gasteiger partial charge in [0.25, 0.3) is 0 Å². The molecule has 2 aromatic rings. The van der Waals surface area contributed by atoms with Crippen molar-refractivity contribution < 1.29 is 9.90 Å². The number of carbonyl (C=O) groups is 1. The van der Waals surface area contributed by atoms with Crippen LogP contribution in [0.15, 0.2) is 18.7 Å². The summed E-state index contributed by atoms with van der Waals surface area (Å²) in [6, 6.07) is 0. The molecule has 0 aliphatic carbocycles. The van der Waals surface area contributed by atoms with Crippen LogP contribution in [-0.4, -0.2) is 36.5 Å². The van der Waals surface area contributed by atoms with Gasteiger partial charge in [-0.1, -0.05) is 0 Å². The largest absolute Gasteiger partial charge is 0.476 e. The van der Waals surface area contributed by atoms with E-state index < -0.39 is 5.97 Å². The first-order valence-corrected chi connectivity index (χ1v) is 3.68. The first-order valence-electron chi connectivity index (χ1n) is 3.68. The van der Waals surface area contributed by atoms with Gasteiger partial charge in [0, 0.05) is 18.0 Å². The maximum absolute atomic E-state index is 10.7. The average Bonchev–Trinajstić information content (AvgIpc) is 2.67. The van der Waals surface area contributed by atoms with E-state index in [1.165, 1.54) is 18.7 Å². The van der Waals surface area contributed by atoms with Gasteiger partial charge in [-0.05, 0) is 0 Å². The number of carboxylic acid groups (broad SMARTS) is 1. The van der Waals surface area contributed by atoms with Crippen LogP contribution in [0.1, 0.15) is 10.5 Å². The van der Waals surface area contributed by atoms with Crippen molar-refractivity contribution in [3.8, 4) is 11.3 Å². The van der Waals surface area contributed by atoms with E-state index in [0.29, 0.717) is 5.56 Å². The summed E-state index contributed by atoms with van der Waals surface area (Å²) in [5.74, 6) is -1.14. The third kappa shape index (κ3) is 1.30. The minimum absolute atomic E-state index is 0.139. The predicted octanol–water partition coefficient (Wildman–Crippen LogP) is -0.0401. The predicted molar refractivity (Wildman–Crippen MR) is 44.4 cm³/mol. The molecule has 7 nitrogen and oxygen atoms in total. The number of hydrogen-bond donors (Lipinski definition) is 2. The summed E-state index contributed by atoms with van der Waals surface area (Å²) in [5.41, 5.74) is 0.608. The Morgan fingerprint density at radius 1 is 1.29 bits per heavy atom. The molecule has 0 aliphatic heterocycles. The van der Waals surface area contributed by atoms with E-state index in [9.17, 15) is 4.79 Å². The van der Waals surface area contributed by atoms with Crippen LogP contribution in [0, 0.1) is 0 Å². The van der Waals surface area contributed by atoms with Gasteiger partial charge < -0.3 is 5.11 Å². The van der Waals surface area contributed by atoms with E-state index in [0.717, 1.165) is 0 Å². The molecule has 0 atom stereocenters. The van der Waals surface area contributed by atoms with Gasteiger partial charge in [-0.3, -0.25) is 0 Å². The van der Waals surface area contributed by atoms with Crippen molar-refractivity contribution in [3.63, 3.8) is 0 Å². The van der Waals surface area contributed by atoms with E-state index in [4.69, 9.17) is 5.11 Å². The lowest BCUT2D eigenvalue weighted by Crippen LogP contribution is -1.99. The highest BCUT2D eigenvalue weighted by Gasteiger charge is 2.16. The van der Waals surface area contributed by atoms with Crippen molar-refractivity contribution in [1.29, 1.82) is 0 Å². The molecular weight excluding hydrogens is 186 g/mol. The fourth-order valence-corrected chi connectivity index (χ4v) is 1.00. The first kappa shape index (κ1) is 8.30. The summed E-state index contributed by atoms with van der Waals surface area (Å²) in [7, 11) is 0. The third-order valence-electron chi connectivity index (χ3n) is 1.58. The second kappa shape index (κ2) is 3.21. The summed E-state index contributed by atoms with van der Waals surface area (Å²) < 4.78 is 0.